The van der Waals surface area contributed by atoms with Crippen LogP contribution in [0.5, 0.6) is 0 Å². The highest BCUT2D eigenvalue weighted by atomic mass is 16.1. The van der Waals surface area contributed by atoms with Crippen LogP contribution in [0.4, 0.5) is 0 Å². The number of benzene rings is 2. The summed E-state index contributed by atoms with van der Waals surface area (Å²) in [7, 11) is 0. The van der Waals surface area contributed by atoms with Gasteiger partial charge in [-0.25, -0.2) is 4.68 Å². The highest BCUT2D eigenvalue weighted by Gasteiger charge is 2.25. The normalized spacial score (nSPS) is 15.5. The van der Waals surface area contributed by atoms with Gasteiger partial charge in [0.25, 0.3) is 5.91 Å². The van der Waals surface area contributed by atoms with Crippen LogP contribution in [0.2, 0.25) is 0 Å². The Bertz CT molecular complexity index is 1090. The van der Waals surface area contributed by atoms with Crippen molar-refractivity contribution in [1.82, 2.24) is 15.1 Å². The van der Waals surface area contributed by atoms with Gasteiger partial charge in [0.1, 0.15) is 5.69 Å². The zero-order chi connectivity index (χ0) is 21.6. The lowest BCUT2D eigenvalue weighted by molar-refractivity contribution is 0.0957. The molecule has 1 N–H and O–H groups in total. The number of carbonyl (C=O) groups is 1. The lowest BCUT2D eigenvalue weighted by Crippen LogP contribution is -2.27. The lowest BCUT2D eigenvalue weighted by atomic mass is 9.98. The van der Waals surface area contributed by atoms with Gasteiger partial charge in [0, 0.05) is 12.1 Å². The van der Waals surface area contributed by atoms with Crippen LogP contribution in [0.25, 0.3) is 16.9 Å². The van der Waals surface area contributed by atoms with Gasteiger partial charge in [0.2, 0.25) is 0 Å². The van der Waals surface area contributed by atoms with E-state index in [-0.39, 0.29) is 5.91 Å². The molecular formula is C27H29N3O. The number of para-hydroxylation sites is 1. The Morgan fingerprint density at radius 3 is 2.45 bits per heavy atom. The molecule has 1 aliphatic rings. The number of carbonyl (C=O) groups excluding carboxylic acids is 1. The van der Waals surface area contributed by atoms with E-state index in [0.717, 1.165) is 47.5 Å². The molecule has 0 bridgehead atoms. The van der Waals surface area contributed by atoms with E-state index in [1.54, 1.807) is 0 Å². The first kappa shape index (κ1) is 20.9. The molecule has 158 valence electrons. The van der Waals surface area contributed by atoms with E-state index in [9.17, 15) is 4.79 Å². The molecule has 4 rings (SSSR count). The summed E-state index contributed by atoms with van der Waals surface area (Å²) < 4.78 is 1.93. The highest BCUT2D eigenvalue weighted by molar-refractivity contribution is 6.01. The maximum atomic E-state index is 13.5. The number of amides is 1. The topological polar surface area (TPSA) is 46.9 Å². The molecule has 1 aliphatic carbocycles. The lowest BCUT2D eigenvalue weighted by Gasteiger charge is -2.13. The smallest absolute Gasteiger partial charge is 0.255 e. The molecular weight excluding hydrogens is 382 g/mol. The number of rotatable bonds is 7. The third-order valence-electron chi connectivity index (χ3n) is 5.59. The third-order valence-corrected chi connectivity index (χ3v) is 5.59. The van der Waals surface area contributed by atoms with E-state index in [1.165, 1.54) is 0 Å². The van der Waals surface area contributed by atoms with Crippen molar-refractivity contribution < 1.29 is 4.79 Å². The van der Waals surface area contributed by atoms with Gasteiger partial charge < -0.3 is 5.32 Å². The molecule has 0 saturated heterocycles. The largest absolute Gasteiger partial charge is 0.348 e. The van der Waals surface area contributed by atoms with Gasteiger partial charge in [-0.2, -0.15) is 5.10 Å². The summed E-state index contributed by atoms with van der Waals surface area (Å²) in [6, 6.07) is 20.0. The molecule has 0 fully saturated rings. The Morgan fingerprint density at radius 1 is 1.10 bits per heavy atom. The summed E-state index contributed by atoms with van der Waals surface area (Å²) >= 11 is 0. The average Bonchev–Trinajstić information content (AvgIpc) is 3.19. The van der Waals surface area contributed by atoms with Crippen molar-refractivity contribution in [2.45, 2.75) is 33.1 Å². The Morgan fingerprint density at radius 2 is 1.81 bits per heavy atom. The van der Waals surface area contributed by atoms with Crippen LogP contribution in [0.1, 0.15) is 42.7 Å². The van der Waals surface area contributed by atoms with Crippen LogP contribution >= 0.6 is 0 Å². The van der Waals surface area contributed by atoms with Crippen LogP contribution in [-0.2, 0) is 6.42 Å². The first-order valence-electron chi connectivity index (χ1n) is 11.1. The standard InChI is InChI=1S/C27H29N3O/c1-3-10-24-25(27(31)28-19-21-17-15-20(2)16-18-21)26(22-11-6-4-7-12-22)29-30(24)23-13-8-5-9-14-23/h4-9,11-15,17-18,20H,3,10,16,19H2,1-2H3,(H,28,31). The fourth-order valence-corrected chi connectivity index (χ4v) is 3.91. The molecule has 1 heterocycles. The number of hydrogen-bond acceptors (Lipinski definition) is 2. The Labute approximate surface area is 184 Å². The molecule has 0 aliphatic heterocycles. The molecule has 2 aromatic carbocycles. The van der Waals surface area contributed by atoms with Crippen molar-refractivity contribution in [2.75, 3.05) is 6.54 Å². The second-order valence-electron chi connectivity index (χ2n) is 8.07. The molecule has 0 saturated carbocycles. The zero-order valence-corrected chi connectivity index (χ0v) is 18.2. The van der Waals surface area contributed by atoms with Crippen molar-refractivity contribution in [2.24, 2.45) is 5.92 Å². The summed E-state index contributed by atoms with van der Waals surface area (Å²) in [6.45, 7) is 4.85. The number of nitrogens with one attached hydrogen (secondary N) is 1. The average molecular weight is 412 g/mol. The van der Waals surface area contributed by atoms with Crippen molar-refractivity contribution in [1.29, 1.82) is 0 Å². The second-order valence-corrected chi connectivity index (χ2v) is 8.07. The summed E-state index contributed by atoms with van der Waals surface area (Å²) in [4.78, 5) is 13.5. The summed E-state index contributed by atoms with van der Waals surface area (Å²) in [5.74, 6) is 0.488. The monoisotopic (exact) mass is 411 g/mol. The van der Waals surface area contributed by atoms with E-state index < -0.39 is 0 Å². The third kappa shape index (κ3) is 4.69. The van der Waals surface area contributed by atoms with E-state index in [2.05, 4.69) is 37.4 Å². The first-order valence-corrected chi connectivity index (χ1v) is 11.1. The molecule has 4 nitrogen and oxygen atoms in total. The number of nitrogens with zero attached hydrogens (tertiary/aromatic N) is 2. The maximum Gasteiger partial charge on any atom is 0.255 e. The van der Waals surface area contributed by atoms with Gasteiger partial charge in [-0.3, -0.25) is 4.79 Å². The number of allylic oxidation sites excluding steroid dienone is 2. The Hall–Kier alpha value is -3.40. The minimum Gasteiger partial charge on any atom is -0.348 e. The zero-order valence-electron chi connectivity index (χ0n) is 18.2. The first-order chi connectivity index (χ1) is 15.2. The van der Waals surface area contributed by atoms with Crippen LogP contribution < -0.4 is 5.32 Å². The molecule has 0 radical (unpaired) electrons. The van der Waals surface area contributed by atoms with Crippen LogP contribution in [0, 0.1) is 5.92 Å². The van der Waals surface area contributed by atoms with Gasteiger partial charge in [-0.05, 0) is 36.5 Å². The minimum absolute atomic E-state index is 0.0718. The summed E-state index contributed by atoms with van der Waals surface area (Å²) in [5, 5.41) is 8.07. The van der Waals surface area contributed by atoms with Crippen molar-refractivity contribution in [3.05, 3.63) is 95.7 Å². The van der Waals surface area contributed by atoms with Crippen molar-refractivity contribution in [3.63, 3.8) is 0 Å². The van der Waals surface area contributed by atoms with Crippen molar-refractivity contribution in [3.8, 4) is 16.9 Å². The molecule has 4 heteroatoms. The Kier molecular flexibility index (Phi) is 6.46. The summed E-state index contributed by atoms with van der Waals surface area (Å²) in [5.41, 5.74) is 5.42. The van der Waals surface area contributed by atoms with Gasteiger partial charge >= 0.3 is 0 Å². The van der Waals surface area contributed by atoms with Gasteiger partial charge in [0.05, 0.1) is 16.9 Å². The fraction of sp³-hybridized carbons (Fsp3) is 0.259. The number of aromatic nitrogens is 2. The maximum absolute atomic E-state index is 13.5. The van der Waals surface area contributed by atoms with E-state index in [0.29, 0.717) is 18.0 Å². The van der Waals surface area contributed by atoms with Gasteiger partial charge in [0.15, 0.2) is 0 Å². The molecule has 1 aromatic heterocycles. The second kappa shape index (κ2) is 9.61. The Balaban J connectivity index is 1.74. The molecule has 3 aromatic rings. The minimum atomic E-state index is -0.0718. The van der Waals surface area contributed by atoms with Crippen LogP contribution in [-0.4, -0.2) is 22.2 Å². The van der Waals surface area contributed by atoms with E-state index in [4.69, 9.17) is 5.10 Å². The summed E-state index contributed by atoms with van der Waals surface area (Å²) in [6.07, 6.45) is 9.25. The molecule has 1 atom stereocenters. The molecule has 1 unspecified atom stereocenters. The van der Waals surface area contributed by atoms with Crippen molar-refractivity contribution >= 4 is 5.91 Å². The van der Waals surface area contributed by atoms with Gasteiger partial charge in [-0.1, -0.05) is 87.0 Å². The van der Waals surface area contributed by atoms with Crippen LogP contribution in [0.3, 0.4) is 0 Å². The molecule has 31 heavy (non-hydrogen) atoms. The molecule has 1 amide bonds. The van der Waals surface area contributed by atoms with E-state index in [1.807, 2.05) is 65.3 Å². The van der Waals surface area contributed by atoms with Crippen LogP contribution in [0.15, 0.2) is 84.5 Å². The molecule has 0 spiro atoms. The SMILES string of the molecule is CCCc1c(C(=O)NCC2=CCC(C)C=C2)c(-c2ccccc2)nn1-c1ccccc1. The fourth-order valence-electron chi connectivity index (χ4n) is 3.91. The van der Waals surface area contributed by atoms with Gasteiger partial charge in [-0.15, -0.1) is 0 Å². The highest BCUT2D eigenvalue weighted by Crippen LogP contribution is 2.29. The predicted molar refractivity (Wildman–Crippen MR) is 126 cm³/mol. The predicted octanol–water partition coefficient (Wildman–Crippen LogP) is 5.74. The number of hydrogen-bond donors (Lipinski definition) is 1. The van der Waals surface area contributed by atoms with E-state index >= 15 is 0 Å². The quantitative estimate of drug-likeness (QED) is 0.538.